The molecule has 4 nitrogen and oxygen atoms in total. The normalized spacial score (nSPS) is 20.8. The van der Waals surface area contributed by atoms with Gasteiger partial charge in [0.15, 0.2) is 0 Å². The molecule has 1 aliphatic carbocycles. The van der Waals surface area contributed by atoms with Gasteiger partial charge in [0, 0.05) is 12.3 Å². The highest BCUT2D eigenvalue weighted by atomic mass is 16.5. The molecular formula is C11H19NO3. The van der Waals surface area contributed by atoms with E-state index in [0.717, 1.165) is 12.8 Å². The predicted molar refractivity (Wildman–Crippen MR) is 57.1 cm³/mol. The summed E-state index contributed by atoms with van der Waals surface area (Å²) in [6, 6.07) is 0. The number of nitrogens with two attached hydrogens (primary N) is 1. The van der Waals surface area contributed by atoms with Gasteiger partial charge in [0.05, 0.1) is 18.3 Å². The molecule has 0 heterocycles. The van der Waals surface area contributed by atoms with Crippen LogP contribution in [0.4, 0.5) is 0 Å². The van der Waals surface area contributed by atoms with Crippen LogP contribution in [0.2, 0.25) is 0 Å². The molecule has 0 bridgehead atoms. The van der Waals surface area contributed by atoms with Gasteiger partial charge in [0.1, 0.15) is 0 Å². The average Bonchev–Trinajstić information content (AvgIpc) is 2.58. The van der Waals surface area contributed by atoms with Gasteiger partial charge in [-0.1, -0.05) is 6.92 Å². The molecule has 2 N–H and O–H groups in total. The molecule has 0 aromatic rings. The smallest absolute Gasteiger partial charge is 0.335 e. The van der Waals surface area contributed by atoms with E-state index in [0.29, 0.717) is 30.9 Å². The minimum Gasteiger partial charge on any atom is -0.462 e. The van der Waals surface area contributed by atoms with Crippen LogP contribution in [0.1, 0.15) is 33.1 Å². The third-order valence-electron chi connectivity index (χ3n) is 2.40. The third kappa shape index (κ3) is 2.96. The summed E-state index contributed by atoms with van der Waals surface area (Å²) in [4.78, 5) is 11.5. The molecule has 1 unspecified atom stereocenters. The van der Waals surface area contributed by atoms with Crippen molar-refractivity contribution in [1.82, 2.24) is 0 Å². The topological polar surface area (TPSA) is 61.5 Å². The van der Waals surface area contributed by atoms with E-state index in [9.17, 15) is 4.79 Å². The second kappa shape index (κ2) is 5.75. The summed E-state index contributed by atoms with van der Waals surface area (Å²) < 4.78 is 10.4. The minimum absolute atomic E-state index is 0.0980. The van der Waals surface area contributed by atoms with E-state index >= 15 is 0 Å². The Morgan fingerprint density at radius 2 is 2.27 bits per heavy atom. The zero-order valence-corrected chi connectivity index (χ0v) is 9.41. The molecular weight excluding hydrogens is 194 g/mol. The molecule has 1 rings (SSSR count). The van der Waals surface area contributed by atoms with Gasteiger partial charge in [-0.2, -0.15) is 0 Å². The van der Waals surface area contributed by atoms with Crippen LogP contribution < -0.4 is 5.73 Å². The summed E-state index contributed by atoms with van der Waals surface area (Å²) in [5.74, 6) is -0.281. The fraction of sp³-hybridized carbons (Fsp3) is 0.727. The second-order valence-corrected chi connectivity index (χ2v) is 3.55. The lowest BCUT2D eigenvalue weighted by Crippen LogP contribution is -2.19. The van der Waals surface area contributed by atoms with Crippen LogP contribution in [-0.2, 0) is 14.3 Å². The van der Waals surface area contributed by atoms with Crippen molar-refractivity contribution in [2.45, 2.75) is 39.2 Å². The van der Waals surface area contributed by atoms with E-state index in [1.165, 1.54) is 0 Å². The highest BCUT2D eigenvalue weighted by Gasteiger charge is 2.28. The molecule has 86 valence electrons. The molecule has 0 aromatic heterocycles. The number of esters is 1. The van der Waals surface area contributed by atoms with Crippen molar-refractivity contribution in [2.75, 3.05) is 13.2 Å². The first kappa shape index (κ1) is 12.0. The Kier molecular flexibility index (Phi) is 4.62. The van der Waals surface area contributed by atoms with Gasteiger partial charge in [-0.15, -0.1) is 0 Å². The molecule has 1 atom stereocenters. The quantitative estimate of drug-likeness (QED) is 0.700. The van der Waals surface area contributed by atoms with E-state index in [4.69, 9.17) is 15.2 Å². The average molecular weight is 213 g/mol. The molecule has 0 aliphatic heterocycles. The van der Waals surface area contributed by atoms with E-state index in [2.05, 4.69) is 0 Å². The lowest BCUT2D eigenvalue weighted by molar-refractivity contribution is -0.139. The van der Waals surface area contributed by atoms with Gasteiger partial charge in [0.25, 0.3) is 0 Å². The Morgan fingerprint density at radius 1 is 1.53 bits per heavy atom. The van der Waals surface area contributed by atoms with Crippen molar-refractivity contribution in [2.24, 2.45) is 5.73 Å². The number of ether oxygens (including phenoxy) is 2. The molecule has 0 saturated carbocycles. The van der Waals surface area contributed by atoms with Crippen molar-refractivity contribution in [1.29, 1.82) is 0 Å². The molecule has 0 aromatic carbocycles. The number of rotatable bonds is 5. The molecule has 0 fully saturated rings. The molecule has 0 amide bonds. The molecule has 0 radical (unpaired) electrons. The first-order valence-corrected chi connectivity index (χ1v) is 5.47. The highest BCUT2D eigenvalue weighted by Crippen LogP contribution is 2.26. The van der Waals surface area contributed by atoms with Crippen LogP contribution in [0, 0.1) is 0 Å². The molecule has 0 spiro atoms. The predicted octanol–water partition coefficient (Wildman–Crippen LogP) is 1.35. The van der Waals surface area contributed by atoms with Crippen LogP contribution >= 0.6 is 0 Å². The number of carbonyl (C=O) groups is 1. The van der Waals surface area contributed by atoms with Crippen molar-refractivity contribution < 1.29 is 14.3 Å². The standard InChI is InChI=1S/C11H19NO3/c1-3-7-15-11(13)8-5-6-9(10(8)12)14-4-2/h9H,3-7,12H2,1-2H3. The zero-order valence-electron chi connectivity index (χ0n) is 9.41. The Bertz CT molecular complexity index is 261. The summed E-state index contributed by atoms with van der Waals surface area (Å²) in [6.45, 7) is 4.95. The van der Waals surface area contributed by atoms with Crippen LogP contribution in [0.15, 0.2) is 11.3 Å². The maximum absolute atomic E-state index is 11.5. The number of hydrogen-bond acceptors (Lipinski definition) is 4. The van der Waals surface area contributed by atoms with Crippen molar-refractivity contribution in [3.8, 4) is 0 Å². The van der Waals surface area contributed by atoms with Crippen molar-refractivity contribution in [3.05, 3.63) is 11.3 Å². The van der Waals surface area contributed by atoms with Crippen LogP contribution in [0.5, 0.6) is 0 Å². The van der Waals surface area contributed by atoms with Gasteiger partial charge in [0.2, 0.25) is 0 Å². The molecule has 0 saturated heterocycles. The largest absolute Gasteiger partial charge is 0.462 e. The number of carbonyl (C=O) groups excluding carboxylic acids is 1. The van der Waals surface area contributed by atoms with Crippen LogP contribution in [-0.4, -0.2) is 25.3 Å². The van der Waals surface area contributed by atoms with Gasteiger partial charge in [-0.25, -0.2) is 4.79 Å². The van der Waals surface area contributed by atoms with Crippen molar-refractivity contribution >= 4 is 5.97 Å². The Balaban J connectivity index is 2.57. The van der Waals surface area contributed by atoms with Crippen LogP contribution in [0.25, 0.3) is 0 Å². The summed E-state index contributed by atoms with van der Waals surface area (Å²) in [7, 11) is 0. The SMILES string of the molecule is CCCOC(=O)C1=C(N)C(OCC)CC1. The van der Waals surface area contributed by atoms with Gasteiger partial charge >= 0.3 is 5.97 Å². The van der Waals surface area contributed by atoms with Gasteiger partial charge in [-0.3, -0.25) is 0 Å². The first-order chi connectivity index (χ1) is 7.20. The van der Waals surface area contributed by atoms with E-state index in [1.807, 2.05) is 13.8 Å². The fourth-order valence-corrected chi connectivity index (χ4v) is 1.65. The van der Waals surface area contributed by atoms with Crippen LogP contribution in [0.3, 0.4) is 0 Å². The molecule has 1 aliphatic rings. The highest BCUT2D eigenvalue weighted by molar-refractivity contribution is 5.90. The maximum atomic E-state index is 11.5. The Labute approximate surface area is 90.4 Å². The van der Waals surface area contributed by atoms with Gasteiger partial charge < -0.3 is 15.2 Å². The second-order valence-electron chi connectivity index (χ2n) is 3.55. The van der Waals surface area contributed by atoms with Gasteiger partial charge in [-0.05, 0) is 26.2 Å². The summed E-state index contributed by atoms with van der Waals surface area (Å²) in [6.07, 6.45) is 2.18. The third-order valence-corrected chi connectivity index (χ3v) is 2.40. The lowest BCUT2D eigenvalue weighted by Gasteiger charge is -2.10. The maximum Gasteiger partial charge on any atom is 0.335 e. The first-order valence-electron chi connectivity index (χ1n) is 5.47. The monoisotopic (exact) mass is 213 g/mol. The fourth-order valence-electron chi connectivity index (χ4n) is 1.65. The minimum atomic E-state index is -0.281. The number of hydrogen-bond donors (Lipinski definition) is 1. The Morgan fingerprint density at radius 3 is 2.87 bits per heavy atom. The molecule has 4 heteroatoms. The zero-order chi connectivity index (χ0) is 11.3. The van der Waals surface area contributed by atoms with E-state index < -0.39 is 0 Å². The molecule has 15 heavy (non-hydrogen) atoms. The summed E-state index contributed by atoms with van der Waals surface area (Å²) >= 11 is 0. The van der Waals surface area contributed by atoms with E-state index in [-0.39, 0.29) is 12.1 Å². The van der Waals surface area contributed by atoms with E-state index in [1.54, 1.807) is 0 Å². The Hall–Kier alpha value is -1.03. The summed E-state index contributed by atoms with van der Waals surface area (Å²) in [5.41, 5.74) is 6.99. The van der Waals surface area contributed by atoms with Crippen molar-refractivity contribution in [3.63, 3.8) is 0 Å². The lowest BCUT2D eigenvalue weighted by atomic mass is 10.2. The summed E-state index contributed by atoms with van der Waals surface area (Å²) in [5, 5.41) is 0.